The standard InChI is InChI=1S/C17H22BrFN2/c1-3-17(4-2)21-10-9-16(20-21)11-14(12-18)13-5-7-15(19)8-6-13/h5-10,14,17H,3-4,11-12H2,1-2H3. The van der Waals surface area contributed by atoms with Crippen LogP contribution in [0.2, 0.25) is 0 Å². The van der Waals surface area contributed by atoms with Crippen LogP contribution in [0.4, 0.5) is 4.39 Å². The zero-order valence-electron chi connectivity index (χ0n) is 12.6. The summed E-state index contributed by atoms with van der Waals surface area (Å²) in [5.41, 5.74) is 2.24. The fourth-order valence-corrected chi connectivity index (χ4v) is 3.20. The van der Waals surface area contributed by atoms with Crippen LogP contribution in [-0.4, -0.2) is 15.1 Å². The topological polar surface area (TPSA) is 17.8 Å². The van der Waals surface area contributed by atoms with E-state index >= 15 is 0 Å². The van der Waals surface area contributed by atoms with Gasteiger partial charge in [-0.2, -0.15) is 5.10 Å². The van der Waals surface area contributed by atoms with Gasteiger partial charge >= 0.3 is 0 Å². The van der Waals surface area contributed by atoms with Gasteiger partial charge in [0.05, 0.1) is 11.7 Å². The first-order valence-electron chi connectivity index (χ1n) is 7.53. The monoisotopic (exact) mass is 352 g/mol. The molecule has 114 valence electrons. The molecule has 0 saturated heterocycles. The van der Waals surface area contributed by atoms with Crippen LogP contribution in [0, 0.1) is 5.82 Å². The normalized spacial score (nSPS) is 12.8. The van der Waals surface area contributed by atoms with Crippen molar-refractivity contribution in [2.24, 2.45) is 0 Å². The first kappa shape index (κ1) is 16.2. The Bertz CT molecular complexity index is 546. The Morgan fingerprint density at radius 3 is 2.38 bits per heavy atom. The van der Waals surface area contributed by atoms with Crippen molar-refractivity contribution in [2.75, 3.05) is 5.33 Å². The molecule has 1 atom stereocenters. The zero-order chi connectivity index (χ0) is 15.2. The van der Waals surface area contributed by atoms with Gasteiger partial charge in [0.1, 0.15) is 5.82 Å². The SMILES string of the molecule is CCC(CC)n1ccc(CC(CBr)c2ccc(F)cc2)n1. The summed E-state index contributed by atoms with van der Waals surface area (Å²) < 4.78 is 15.1. The lowest BCUT2D eigenvalue weighted by atomic mass is 9.96. The van der Waals surface area contributed by atoms with Gasteiger partial charge in [-0.15, -0.1) is 0 Å². The van der Waals surface area contributed by atoms with E-state index in [4.69, 9.17) is 5.10 Å². The molecule has 1 heterocycles. The highest BCUT2D eigenvalue weighted by atomic mass is 79.9. The van der Waals surface area contributed by atoms with Crippen molar-refractivity contribution < 1.29 is 4.39 Å². The Hall–Kier alpha value is -1.16. The van der Waals surface area contributed by atoms with E-state index in [-0.39, 0.29) is 5.82 Å². The van der Waals surface area contributed by atoms with Gasteiger partial charge in [0.15, 0.2) is 0 Å². The van der Waals surface area contributed by atoms with E-state index in [1.54, 1.807) is 0 Å². The van der Waals surface area contributed by atoms with Crippen LogP contribution < -0.4 is 0 Å². The third kappa shape index (κ3) is 4.16. The number of hydrogen-bond donors (Lipinski definition) is 0. The minimum Gasteiger partial charge on any atom is -0.269 e. The second kappa shape index (κ2) is 7.74. The van der Waals surface area contributed by atoms with E-state index in [1.807, 2.05) is 12.1 Å². The largest absolute Gasteiger partial charge is 0.269 e. The lowest BCUT2D eigenvalue weighted by Gasteiger charge is -2.14. The van der Waals surface area contributed by atoms with Crippen LogP contribution in [0.1, 0.15) is 49.9 Å². The quantitative estimate of drug-likeness (QED) is 0.633. The third-order valence-corrected chi connectivity index (χ3v) is 4.74. The molecule has 0 fully saturated rings. The van der Waals surface area contributed by atoms with E-state index in [0.717, 1.165) is 35.8 Å². The van der Waals surface area contributed by atoms with Crippen molar-refractivity contribution in [1.29, 1.82) is 0 Å². The molecular weight excluding hydrogens is 331 g/mol. The van der Waals surface area contributed by atoms with Crippen molar-refractivity contribution in [3.05, 3.63) is 53.6 Å². The molecule has 0 N–H and O–H groups in total. The molecule has 0 saturated carbocycles. The highest BCUT2D eigenvalue weighted by molar-refractivity contribution is 9.09. The fraction of sp³-hybridized carbons (Fsp3) is 0.471. The summed E-state index contributed by atoms with van der Waals surface area (Å²) in [5, 5.41) is 5.55. The second-order valence-electron chi connectivity index (χ2n) is 5.36. The Labute approximate surface area is 134 Å². The summed E-state index contributed by atoms with van der Waals surface area (Å²) in [6.45, 7) is 4.38. The van der Waals surface area contributed by atoms with Gasteiger partial charge in [-0.05, 0) is 48.9 Å². The summed E-state index contributed by atoms with van der Waals surface area (Å²) in [5.74, 6) is 0.126. The summed E-state index contributed by atoms with van der Waals surface area (Å²) in [7, 11) is 0. The first-order chi connectivity index (χ1) is 10.2. The molecule has 0 spiro atoms. The summed E-state index contributed by atoms with van der Waals surface area (Å²) in [6, 6.07) is 9.34. The Kier molecular flexibility index (Phi) is 5.97. The van der Waals surface area contributed by atoms with E-state index < -0.39 is 0 Å². The molecule has 1 unspecified atom stereocenters. The third-order valence-electron chi connectivity index (χ3n) is 3.96. The minimum atomic E-state index is -0.190. The molecule has 0 aliphatic heterocycles. The molecule has 2 rings (SSSR count). The molecular formula is C17H22BrFN2. The fourth-order valence-electron chi connectivity index (χ4n) is 2.60. The van der Waals surface area contributed by atoms with Crippen LogP contribution in [0.3, 0.4) is 0 Å². The number of rotatable bonds is 7. The van der Waals surface area contributed by atoms with Gasteiger partial charge in [0.25, 0.3) is 0 Å². The molecule has 0 bridgehead atoms. The van der Waals surface area contributed by atoms with Gasteiger partial charge in [-0.1, -0.05) is 41.9 Å². The zero-order valence-corrected chi connectivity index (χ0v) is 14.2. The highest BCUT2D eigenvalue weighted by Gasteiger charge is 2.14. The second-order valence-corrected chi connectivity index (χ2v) is 6.01. The molecule has 0 aliphatic rings. The van der Waals surface area contributed by atoms with Gasteiger partial charge in [0, 0.05) is 11.5 Å². The summed E-state index contributed by atoms with van der Waals surface area (Å²) in [6.07, 6.45) is 5.13. The molecule has 21 heavy (non-hydrogen) atoms. The predicted octanol–water partition coefficient (Wildman–Crippen LogP) is 5.10. The first-order valence-corrected chi connectivity index (χ1v) is 8.65. The van der Waals surface area contributed by atoms with Crippen LogP contribution in [0.15, 0.2) is 36.5 Å². The van der Waals surface area contributed by atoms with E-state index in [0.29, 0.717) is 12.0 Å². The summed E-state index contributed by atoms with van der Waals surface area (Å²) in [4.78, 5) is 0. The number of benzene rings is 1. The molecule has 0 amide bonds. The number of aromatic nitrogens is 2. The van der Waals surface area contributed by atoms with Crippen molar-refractivity contribution in [1.82, 2.24) is 9.78 Å². The summed E-state index contributed by atoms with van der Waals surface area (Å²) >= 11 is 3.56. The smallest absolute Gasteiger partial charge is 0.123 e. The average molecular weight is 353 g/mol. The molecule has 0 radical (unpaired) electrons. The van der Waals surface area contributed by atoms with Crippen molar-refractivity contribution in [3.8, 4) is 0 Å². The van der Waals surface area contributed by atoms with Gasteiger partial charge < -0.3 is 0 Å². The molecule has 2 aromatic rings. The predicted molar refractivity (Wildman–Crippen MR) is 88.5 cm³/mol. The Morgan fingerprint density at radius 1 is 1.14 bits per heavy atom. The van der Waals surface area contributed by atoms with E-state index in [9.17, 15) is 4.39 Å². The molecule has 4 heteroatoms. The van der Waals surface area contributed by atoms with Crippen molar-refractivity contribution in [3.63, 3.8) is 0 Å². The number of hydrogen-bond acceptors (Lipinski definition) is 1. The Balaban J connectivity index is 2.10. The maximum Gasteiger partial charge on any atom is 0.123 e. The number of halogens is 2. The van der Waals surface area contributed by atoms with Gasteiger partial charge in [-0.25, -0.2) is 4.39 Å². The number of alkyl halides is 1. The van der Waals surface area contributed by atoms with Crippen LogP contribution >= 0.6 is 15.9 Å². The highest BCUT2D eigenvalue weighted by Crippen LogP contribution is 2.23. The Morgan fingerprint density at radius 2 is 1.81 bits per heavy atom. The van der Waals surface area contributed by atoms with Gasteiger partial charge in [0.2, 0.25) is 0 Å². The van der Waals surface area contributed by atoms with E-state index in [2.05, 4.69) is 46.7 Å². The molecule has 2 nitrogen and oxygen atoms in total. The maximum absolute atomic E-state index is 13.0. The molecule has 0 aliphatic carbocycles. The number of nitrogens with zero attached hydrogens (tertiary/aromatic N) is 2. The van der Waals surface area contributed by atoms with E-state index in [1.165, 1.54) is 12.1 Å². The minimum absolute atomic E-state index is 0.190. The molecule has 1 aromatic heterocycles. The lowest BCUT2D eigenvalue weighted by Crippen LogP contribution is -2.09. The lowest BCUT2D eigenvalue weighted by molar-refractivity contribution is 0.424. The van der Waals surface area contributed by atoms with Gasteiger partial charge in [-0.3, -0.25) is 4.68 Å². The maximum atomic E-state index is 13.0. The van der Waals surface area contributed by atoms with Crippen LogP contribution in [0.5, 0.6) is 0 Å². The van der Waals surface area contributed by atoms with Crippen LogP contribution in [0.25, 0.3) is 0 Å². The van der Waals surface area contributed by atoms with Crippen molar-refractivity contribution in [2.45, 2.75) is 45.1 Å². The van der Waals surface area contributed by atoms with Crippen molar-refractivity contribution >= 4 is 15.9 Å². The molecule has 1 aromatic carbocycles. The van der Waals surface area contributed by atoms with Crippen LogP contribution in [-0.2, 0) is 6.42 Å². The average Bonchev–Trinajstić information content (AvgIpc) is 2.96.